The molecule has 1 N–H and O–H groups in total. The summed E-state index contributed by atoms with van der Waals surface area (Å²) in [6.45, 7) is 4.89. The molecular weight excluding hydrogens is 284 g/mol. The van der Waals surface area contributed by atoms with Gasteiger partial charge in [0.25, 0.3) is 0 Å². The third kappa shape index (κ3) is 2.35. The van der Waals surface area contributed by atoms with Gasteiger partial charge in [-0.05, 0) is 64.8 Å². The summed E-state index contributed by atoms with van der Waals surface area (Å²) < 4.78 is 1.25. The highest BCUT2D eigenvalue weighted by molar-refractivity contribution is 9.11. The van der Waals surface area contributed by atoms with Gasteiger partial charge in [0.15, 0.2) is 0 Å². The zero-order valence-electron chi connectivity index (χ0n) is 9.29. The van der Waals surface area contributed by atoms with E-state index >= 15 is 0 Å². The third-order valence-electron chi connectivity index (χ3n) is 3.77. The Bertz CT molecular complexity index is 366. The smallest absolute Gasteiger partial charge is 0.0701 e. The molecule has 4 heteroatoms. The zero-order chi connectivity index (χ0) is 11.0. The molecule has 2 aliphatic heterocycles. The average Bonchev–Trinajstić information content (AvgIpc) is 2.87. The van der Waals surface area contributed by atoms with E-state index in [2.05, 4.69) is 37.6 Å². The maximum Gasteiger partial charge on any atom is 0.0701 e. The fraction of sp³-hybridized carbons (Fsp3) is 0.667. The first-order chi connectivity index (χ1) is 7.81. The number of rotatable bonds is 2. The molecule has 0 aromatic carbocycles. The number of piperidine rings is 1. The lowest BCUT2D eigenvalue weighted by Crippen LogP contribution is -2.43. The molecule has 0 saturated carbocycles. The summed E-state index contributed by atoms with van der Waals surface area (Å²) in [7, 11) is 0. The molecule has 2 unspecified atom stereocenters. The van der Waals surface area contributed by atoms with Gasteiger partial charge in [-0.3, -0.25) is 4.90 Å². The second-order valence-corrected chi connectivity index (χ2v) is 7.18. The molecule has 88 valence electrons. The highest BCUT2D eigenvalue weighted by Gasteiger charge is 2.32. The minimum atomic E-state index is 0.811. The molecule has 0 amide bonds. The summed E-state index contributed by atoms with van der Waals surface area (Å²) in [5, 5.41) is 5.88. The van der Waals surface area contributed by atoms with Crippen molar-refractivity contribution in [3.8, 4) is 0 Å². The lowest BCUT2D eigenvalue weighted by atomic mass is 9.93. The van der Waals surface area contributed by atoms with Crippen molar-refractivity contribution in [1.29, 1.82) is 0 Å². The average molecular weight is 301 g/mol. The number of hydrogen-bond acceptors (Lipinski definition) is 3. The van der Waals surface area contributed by atoms with Crippen molar-refractivity contribution < 1.29 is 0 Å². The van der Waals surface area contributed by atoms with Gasteiger partial charge in [0.1, 0.15) is 0 Å². The van der Waals surface area contributed by atoms with Crippen LogP contribution in [0.5, 0.6) is 0 Å². The lowest BCUT2D eigenvalue weighted by molar-refractivity contribution is 0.156. The lowest BCUT2D eigenvalue weighted by Gasteiger charge is -2.34. The van der Waals surface area contributed by atoms with E-state index in [0.29, 0.717) is 0 Å². The summed E-state index contributed by atoms with van der Waals surface area (Å²) in [5.41, 5.74) is 1.46. The van der Waals surface area contributed by atoms with Crippen molar-refractivity contribution in [3.05, 3.63) is 20.8 Å². The molecule has 3 heterocycles. The highest BCUT2D eigenvalue weighted by Crippen LogP contribution is 2.27. The molecule has 0 radical (unpaired) electrons. The van der Waals surface area contributed by atoms with Crippen molar-refractivity contribution in [2.75, 3.05) is 19.6 Å². The van der Waals surface area contributed by atoms with Crippen molar-refractivity contribution in [1.82, 2.24) is 10.2 Å². The molecule has 2 fully saturated rings. The van der Waals surface area contributed by atoms with Crippen LogP contribution in [0.4, 0.5) is 0 Å². The minimum Gasteiger partial charge on any atom is -0.314 e. The van der Waals surface area contributed by atoms with Gasteiger partial charge in [-0.15, -0.1) is 11.3 Å². The van der Waals surface area contributed by atoms with Crippen LogP contribution in [0.2, 0.25) is 0 Å². The Morgan fingerprint density at radius 3 is 3.25 bits per heavy atom. The van der Waals surface area contributed by atoms with E-state index in [1.54, 1.807) is 11.3 Å². The second kappa shape index (κ2) is 4.77. The van der Waals surface area contributed by atoms with Crippen molar-refractivity contribution in [2.45, 2.75) is 25.4 Å². The summed E-state index contributed by atoms with van der Waals surface area (Å²) in [6, 6.07) is 3.06. The van der Waals surface area contributed by atoms with Gasteiger partial charge in [0, 0.05) is 19.1 Å². The normalized spacial score (nSPS) is 30.6. The molecule has 1 aromatic rings. The molecule has 2 aliphatic rings. The predicted octanol–water partition coefficient (Wildman–Crippen LogP) is 2.69. The Hall–Kier alpha value is 0.1000. The van der Waals surface area contributed by atoms with Crippen LogP contribution in [-0.2, 0) is 6.54 Å². The van der Waals surface area contributed by atoms with Crippen LogP contribution in [0.3, 0.4) is 0 Å². The third-order valence-corrected chi connectivity index (χ3v) is 5.32. The number of nitrogens with one attached hydrogen (secondary N) is 1. The van der Waals surface area contributed by atoms with E-state index in [9.17, 15) is 0 Å². The van der Waals surface area contributed by atoms with Gasteiger partial charge >= 0.3 is 0 Å². The number of halogens is 1. The number of fused-ring (bicyclic) bond motifs is 1. The summed E-state index contributed by atoms with van der Waals surface area (Å²) in [5.74, 6) is 0.899. The SMILES string of the molecule is Brc1cc(CN2CCC3NCCC3C2)cs1. The first-order valence-corrected chi connectivity index (χ1v) is 7.67. The Kier molecular flexibility index (Phi) is 3.34. The van der Waals surface area contributed by atoms with E-state index in [-0.39, 0.29) is 0 Å². The predicted molar refractivity (Wildman–Crippen MR) is 71.8 cm³/mol. The van der Waals surface area contributed by atoms with E-state index < -0.39 is 0 Å². The molecule has 0 bridgehead atoms. The molecule has 3 rings (SSSR count). The molecule has 0 spiro atoms. The van der Waals surface area contributed by atoms with Gasteiger partial charge in [-0.2, -0.15) is 0 Å². The molecular formula is C12H17BrN2S. The number of thiophene rings is 1. The first-order valence-electron chi connectivity index (χ1n) is 6.00. The monoisotopic (exact) mass is 300 g/mol. The van der Waals surface area contributed by atoms with Crippen molar-refractivity contribution >= 4 is 27.3 Å². The van der Waals surface area contributed by atoms with E-state index in [4.69, 9.17) is 0 Å². The maximum atomic E-state index is 3.61. The Morgan fingerprint density at radius 1 is 1.50 bits per heavy atom. The molecule has 2 atom stereocenters. The fourth-order valence-electron chi connectivity index (χ4n) is 2.95. The zero-order valence-corrected chi connectivity index (χ0v) is 11.7. The standard InChI is InChI=1S/C12H17BrN2S/c13-12-5-9(8-16-12)6-15-4-2-11-10(7-15)1-3-14-11/h5,8,10-11,14H,1-4,6-7H2. The number of nitrogens with zero attached hydrogens (tertiary/aromatic N) is 1. The van der Waals surface area contributed by atoms with Crippen LogP contribution < -0.4 is 5.32 Å². The van der Waals surface area contributed by atoms with Gasteiger partial charge < -0.3 is 5.32 Å². The van der Waals surface area contributed by atoms with E-state index in [1.165, 1.54) is 41.8 Å². The van der Waals surface area contributed by atoms with Gasteiger partial charge in [-0.25, -0.2) is 0 Å². The van der Waals surface area contributed by atoms with Crippen LogP contribution in [0.25, 0.3) is 0 Å². The van der Waals surface area contributed by atoms with Crippen LogP contribution in [-0.4, -0.2) is 30.6 Å². The van der Waals surface area contributed by atoms with Crippen LogP contribution in [0, 0.1) is 5.92 Å². The van der Waals surface area contributed by atoms with Crippen molar-refractivity contribution in [2.24, 2.45) is 5.92 Å². The minimum absolute atomic E-state index is 0.811. The molecule has 0 aliphatic carbocycles. The van der Waals surface area contributed by atoms with E-state index in [1.807, 2.05) is 0 Å². The van der Waals surface area contributed by atoms with Gasteiger partial charge in [0.2, 0.25) is 0 Å². The van der Waals surface area contributed by atoms with E-state index in [0.717, 1.165) is 18.5 Å². The summed E-state index contributed by atoms with van der Waals surface area (Å²) in [4.78, 5) is 2.61. The second-order valence-electron chi connectivity index (χ2n) is 4.89. The topological polar surface area (TPSA) is 15.3 Å². The summed E-state index contributed by atoms with van der Waals surface area (Å²) >= 11 is 5.32. The maximum absolute atomic E-state index is 3.61. The summed E-state index contributed by atoms with van der Waals surface area (Å²) in [6.07, 6.45) is 2.70. The Morgan fingerprint density at radius 2 is 2.44 bits per heavy atom. The largest absolute Gasteiger partial charge is 0.314 e. The fourth-order valence-corrected chi connectivity index (χ4v) is 4.15. The number of hydrogen-bond donors (Lipinski definition) is 1. The molecule has 16 heavy (non-hydrogen) atoms. The van der Waals surface area contributed by atoms with Crippen molar-refractivity contribution in [3.63, 3.8) is 0 Å². The first kappa shape index (κ1) is 11.2. The molecule has 2 saturated heterocycles. The highest BCUT2D eigenvalue weighted by atomic mass is 79.9. The van der Waals surface area contributed by atoms with Gasteiger partial charge in [-0.1, -0.05) is 0 Å². The Labute approximate surface area is 109 Å². The molecule has 1 aromatic heterocycles. The number of likely N-dealkylation sites (tertiary alicyclic amines) is 1. The quantitative estimate of drug-likeness (QED) is 0.903. The Balaban J connectivity index is 1.60. The van der Waals surface area contributed by atoms with Crippen LogP contribution >= 0.6 is 27.3 Å². The van der Waals surface area contributed by atoms with Crippen LogP contribution in [0.15, 0.2) is 15.2 Å². The van der Waals surface area contributed by atoms with Gasteiger partial charge in [0.05, 0.1) is 3.79 Å². The molecule has 2 nitrogen and oxygen atoms in total. The van der Waals surface area contributed by atoms with Crippen LogP contribution in [0.1, 0.15) is 18.4 Å².